The molecule has 56 valence electrons. The molecule has 0 aromatic rings. The quantitative estimate of drug-likeness (QED) is 0.657. The van der Waals surface area contributed by atoms with Gasteiger partial charge in [-0.25, -0.2) is 5.57 Å². The minimum absolute atomic E-state index is 0. The van der Waals surface area contributed by atoms with Crippen LogP contribution in [-0.4, -0.2) is 12.8 Å². The summed E-state index contributed by atoms with van der Waals surface area (Å²) in [5.41, 5.74) is 2.61. The standard InChI is InChI=1S/C8H12N.W/c1-3-4-7-5-6-8(7)9-2;/h3,5-6H2,1-2H3;/q-1;. The van der Waals surface area contributed by atoms with E-state index in [2.05, 4.69) is 18.0 Å². The SMILES string of the molecule is CC[C-]=C1CCC1=NC.[W]. The van der Waals surface area contributed by atoms with Crippen molar-refractivity contribution in [3.05, 3.63) is 11.6 Å². The second-order valence-electron chi connectivity index (χ2n) is 2.18. The van der Waals surface area contributed by atoms with E-state index in [0.717, 1.165) is 6.42 Å². The van der Waals surface area contributed by atoms with E-state index in [1.165, 1.54) is 24.1 Å². The molecular weight excluding hydrogens is 294 g/mol. The molecule has 1 fully saturated rings. The molecule has 10 heavy (non-hydrogen) atoms. The molecule has 0 aliphatic heterocycles. The smallest absolute Gasteiger partial charge is 0.00716 e. The maximum absolute atomic E-state index is 4.11. The van der Waals surface area contributed by atoms with Gasteiger partial charge in [-0.2, -0.15) is 0 Å². The first-order chi connectivity index (χ1) is 4.38. The van der Waals surface area contributed by atoms with Gasteiger partial charge in [0.1, 0.15) is 0 Å². The molecule has 0 atom stereocenters. The fourth-order valence-corrected chi connectivity index (χ4v) is 1.01. The summed E-state index contributed by atoms with van der Waals surface area (Å²) in [5, 5.41) is 0. The number of nitrogens with zero attached hydrogens (tertiary/aromatic N) is 1. The first-order valence-electron chi connectivity index (χ1n) is 3.44. The van der Waals surface area contributed by atoms with E-state index in [0.29, 0.717) is 0 Å². The van der Waals surface area contributed by atoms with Crippen molar-refractivity contribution in [1.82, 2.24) is 0 Å². The molecule has 1 nitrogen and oxygen atoms in total. The van der Waals surface area contributed by atoms with Crippen LogP contribution in [0, 0.1) is 6.08 Å². The first-order valence-corrected chi connectivity index (χ1v) is 3.44. The summed E-state index contributed by atoms with van der Waals surface area (Å²) >= 11 is 0. The van der Waals surface area contributed by atoms with E-state index in [4.69, 9.17) is 0 Å². The molecule has 0 heterocycles. The maximum atomic E-state index is 4.11. The first kappa shape index (κ1) is 10.1. The predicted octanol–water partition coefficient (Wildman–Crippen LogP) is 1.99. The van der Waals surface area contributed by atoms with Gasteiger partial charge in [0.05, 0.1) is 0 Å². The molecule has 1 aliphatic carbocycles. The fraction of sp³-hybridized carbons (Fsp3) is 0.625. The van der Waals surface area contributed by atoms with Gasteiger partial charge in [-0.05, 0) is 0 Å². The molecule has 0 N–H and O–H groups in total. The molecule has 0 spiro atoms. The van der Waals surface area contributed by atoms with Gasteiger partial charge < -0.3 is 4.99 Å². The van der Waals surface area contributed by atoms with E-state index in [1.54, 1.807) is 0 Å². The van der Waals surface area contributed by atoms with Gasteiger partial charge in [0.15, 0.2) is 0 Å². The van der Waals surface area contributed by atoms with E-state index >= 15 is 0 Å². The molecule has 0 unspecified atom stereocenters. The van der Waals surface area contributed by atoms with Crippen molar-refractivity contribution in [3.63, 3.8) is 0 Å². The van der Waals surface area contributed by atoms with Crippen LogP contribution >= 0.6 is 0 Å². The van der Waals surface area contributed by atoms with Crippen molar-refractivity contribution < 1.29 is 21.1 Å². The Hall–Kier alpha value is 0.0983. The van der Waals surface area contributed by atoms with Gasteiger partial charge in [0.25, 0.3) is 0 Å². The Balaban J connectivity index is 0.000000810. The summed E-state index contributed by atoms with van der Waals surface area (Å²) < 4.78 is 0. The number of hydrogen-bond donors (Lipinski definition) is 0. The molecule has 0 amide bonds. The Morgan fingerprint density at radius 3 is 2.50 bits per heavy atom. The van der Waals surface area contributed by atoms with Crippen LogP contribution in [0.2, 0.25) is 0 Å². The zero-order valence-electron chi connectivity index (χ0n) is 6.48. The van der Waals surface area contributed by atoms with Crippen LogP contribution in [0.3, 0.4) is 0 Å². The third-order valence-corrected chi connectivity index (χ3v) is 1.62. The monoisotopic (exact) mass is 306 g/mol. The Bertz CT molecular complexity index is 159. The van der Waals surface area contributed by atoms with Crippen LogP contribution in [0.5, 0.6) is 0 Å². The van der Waals surface area contributed by atoms with Crippen LogP contribution in [-0.2, 0) is 21.1 Å². The van der Waals surface area contributed by atoms with Crippen LogP contribution in [0.25, 0.3) is 0 Å². The third kappa shape index (κ3) is 2.05. The predicted molar refractivity (Wildman–Crippen MR) is 39.6 cm³/mol. The molecule has 1 rings (SSSR count). The van der Waals surface area contributed by atoms with Crippen LogP contribution < -0.4 is 0 Å². The molecule has 0 aromatic carbocycles. The van der Waals surface area contributed by atoms with E-state index in [9.17, 15) is 0 Å². The van der Waals surface area contributed by atoms with Gasteiger partial charge in [-0.1, -0.05) is 19.8 Å². The second-order valence-corrected chi connectivity index (χ2v) is 2.18. The van der Waals surface area contributed by atoms with Crippen molar-refractivity contribution in [3.8, 4) is 0 Å². The zero-order valence-corrected chi connectivity index (χ0v) is 9.41. The molecule has 1 saturated carbocycles. The molecule has 0 aromatic heterocycles. The molecule has 0 bridgehead atoms. The summed E-state index contributed by atoms with van der Waals surface area (Å²) in [6.07, 6.45) is 6.65. The van der Waals surface area contributed by atoms with Gasteiger partial charge in [0.2, 0.25) is 0 Å². The summed E-state index contributed by atoms with van der Waals surface area (Å²) in [7, 11) is 1.85. The Labute approximate surface area is 76.9 Å². The Morgan fingerprint density at radius 2 is 2.20 bits per heavy atom. The zero-order chi connectivity index (χ0) is 6.69. The van der Waals surface area contributed by atoms with Crippen molar-refractivity contribution in [2.45, 2.75) is 26.2 Å². The number of hydrogen-bond acceptors (Lipinski definition) is 1. The van der Waals surface area contributed by atoms with Crippen molar-refractivity contribution in [2.24, 2.45) is 4.99 Å². The normalized spacial score (nSPS) is 24.2. The van der Waals surface area contributed by atoms with Crippen molar-refractivity contribution in [2.75, 3.05) is 7.05 Å². The van der Waals surface area contributed by atoms with E-state index < -0.39 is 0 Å². The average Bonchev–Trinajstić information content (AvgIpc) is 1.82. The van der Waals surface area contributed by atoms with Crippen LogP contribution in [0.15, 0.2) is 10.6 Å². The van der Waals surface area contributed by atoms with Gasteiger partial charge in [0, 0.05) is 28.1 Å². The number of aliphatic imine (C=N–C) groups is 1. The fourth-order valence-electron chi connectivity index (χ4n) is 1.01. The van der Waals surface area contributed by atoms with Gasteiger partial charge in [-0.15, -0.1) is 12.1 Å². The summed E-state index contributed by atoms with van der Waals surface area (Å²) in [6.45, 7) is 2.11. The number of rotatable bonds is 1. The molecule has 1 aliphatic rings. The van der Waals surface area contributed by atoms with E-state index in [-0.39, 0.29) is 21.1 Å². The van der Waals surface area contributed by atoms with Crippen LogP contribution in [0.1, 0.15) is 26.2 Å². The third-order valence-electron chi connectivity index (χ3n) is 1.62. The number of allylic oxidation sites excluding steroid dienone is 2. The van der Waals surface area contributed by atoms with Gasteiger partial charge >= 0.3 is 0 Å². The Morgan fingerprint density at radius 1 is 1.50 bits per heavy atom. The molecule has 0 saturated heterocycles. The van der Waals surface area contributed by atoms with Gasteiger partial charge in [-0.3, -0.25) is 6.08 Å². The van der Waals surface area contributed by atoms with Crippen molar-refractivity contribution in [1.29, 1.82) is 0 Å². The molecular formula is C8H12NW-. The van der Waals surface area contributed by atoms with Crippen LogP contribution in [0.4, 0.5) is 0 Å². The molecule has 0 radical (unpaired) electrons. The Kier molecular flexibility index (Phi) is 4.89. The summed E-state index contributed by atoms with van der Waals surface area (Å²) in [5.74, 6) is 0. The molecule has 2 heteroatoms. The topological polar surface area (TPSA) is 12.4 Å². The minimum Gasteiger partial charge on any atom is -0.386 e. The summed E-state index contributed by atoms with van der Waals surface area (Å²) in [4.78, 5) is 4.11. The average molecular weight is 306 g/mol. The van der Waals surface area contributed by atoms with Crippen molar-refractivity contribution >= 4 is 5.71 Å². The minimum atomic E-state index is 0. The largest absolute Gasteiger partial charge is 0.386 e. The van der Waals surface area contributed by atoms with E-state index in [1.807, 2.05) is 7.05 Å². The summed E-state index contributed by atoms with van der Waals surface area (Å²) in [6, 6.07) is 0. The maximum Gasteiger partial charge on any atom is 0.00716 e. The second kappa shape index (κ2) is 4.84.